The van der Waals surface area contributed by atoms with Gasteiger partial charge < -0.3 is 4.74 Å². The minimum Gasteiger partial charge on any atom is -0.494 e. The summed E-state index contributed by atoms with van der Waals surface area (Å²) < 4.78 is 5.96. The number of hydrogen-bond donors (Lipinski definition) is 0. The molecule has 0 aromatic heterocycles. The standard InChI is InChI=1S/C29H44O/c1-3-4-5-6-7-8-9-10-23-30-29-21-19-28(20-22-29)27-17-15-26(16-18-27)25-13-11-24(2)12-14-25/h15,17-22,24-26H,3-14,16,23H2,1-2H3. The van der Waals surface area contributed by atoms with E-state index in [1.165, 1.54) is 94.6 Å². The molecule has 0 aliphatic heterocycles. The second-order valence-corrected chi connectivity index (χ2v) is 9.79. The molecule has 30 heavy (non-hydrogen) atoms. The van der Waals surface area contributed by atoms with Crippen LogP contribution in [0.2, 0.25) is 0 Å². The second kappa shape index (κ2) is 13.0. The van der Waals surface area contributed by atoms with Crippen molar-refractivity contribution in [3.63, 3.8) is 0 Å². The molecule has 166 valence electrons. The molecule has 1 aromatic carbocycles. The van der Waals surface area contributed by atoms with E-state index in [-0.39, 0.29) is 0 Å². The van der Waals surface area contributed by atoms with Gasteiger partial charge in [-0.1, -0.05) is 102 Å². The summed E-state index contributed by atoms with van der Waals surface area (Å²) in [7, 11) is 0. The summed E-state index contributed by atoms with van der Waals surface area (Å²) in [5, 5.41) is 0. The van der Waals surface area contributed by atoms with Crippen molar-refractivity contribution in [1.82, 2.24) is 0 Å². The quantitative estimate of drug-likeness (QED) is 0.313. The molecule has 3 rings (SSSR count). The minimum absolute atomic E-state index is 0.760. The van der Waals surface area contributed by atoms with E-state index in [9.17, 15) is 0 Å². The lowest BCUT2D eigenvalue weighted by atomic mass is 9.74. The van der Waals surface area contributed by atoms with Crippen LogP contribution in [0.25, 0.3) is 5.57 Å². The summed E-state index contributed by atoms with van der Waals surface area (Å²) in [6.45, 7) is 5.53. The number of allylic oxidation sites excluding steroid dienone is 4. The first-order chi connectivity index (χ1) is 14.8. The fourth-order valence-corrected chi connectivity index (χ4v) is 5.08. The number of hydrogen-bond acceptors (Lipinski definition) is 1. The van der Waals surface area contributed by atoms with E-state index in [1.54, 1.807) is 0 Å². The molecule has 2 aliphatic rings. The smallest absolute Gasteiger partial charge is 0.119 e. The van der Waals surface area contributed by atoms with Crippen LogP contribution in [0.3, 0.4) is 0 Å². The zero-order chi connectivity index (χ0) is 21.0. The van der Waals surface area contributed by atoms with Gasteiger partial charge in [-0.15, -0.1) is 0 Å². The molecule has 0 heterocycles. The lowest BCUT2D eigenvalue weighted by Crippen LogP contribution is -2.20. The first-order valence-corrected chi connectivity index (χ1v) is 12.9. The van der Waals surface area contributed by atoms with Gasteiger partial charge in [0, 0.05) is 0 Å². The number of unbranched alkanes of at least 4 members (excludes halogenated alkanes) is 7. The lowest BCUT2D eigenvalue weighted by Gasteiger charge is -2.32. The van der Waals surface area contributed by atoms with Crippen molar-refractivity contribution in [1.29, 1.82) is 0 Å². The van der Waals surface area contributed by atoms with Crippen LogP contribution in [0.5, 0.6) is 5.75 Å². The van der Waals surface area contributed by atoms with Gasteiger partial charge in [-0.2, -0.15) is 0 Å². The highest BCUT2D eigenvalue weighted by atomic mass is 16.5. The van der Waals surface area contributed by atoms with Gasteiger partial charge >= 0.3 is 0 Å². The first-order valence-electron chi connectivity index (χ1n) is 12.9. The third-order valence-corrected chi connectivity index (χ3v) is 7.25. The molecule has 1 unspecified atom stereocenters. The Bertz CT molecular complexity index is 645. The van der Waals surface area contributed by atoms with Gasteiger partial charge in [0.05, 0.1) is 6.61 Å². The maximum absolute atomic E-state index is 5.96. The molecule has 1 atom stereocenters. The van der Waals surface area contributed by atoms with E-state index < -0.39 is 0 Å². The van der Waals surface area contributed by atoms with E-state index in [2.05, 4.69) is 56.3 Å². The Kier molecular flexibility index (Phi) is 10.1. The molecule has 1 heteroatoms. The van der Waals surface area contributed by atoms with Crippen molar-refractivity contribution < 1.29 is 4.74 Å². The van der Waals surface area contributed by atoms with Crippen molar-refractivity contribution in [2.75, 3.05) is 6.61 Å². The minimum atomic E-state index is 0.760. The number of rotatable bonds is 12. The topological polar surface area (TPSA) is 9.23 Å². The number of ether oxygens (including phenoxy) is 1. The maximum Gasteiger partial charge on any atom is 0.119 e. The molecule has 0 spiro atoms. The summed E-state index contributed by atoms with van der Waals surface area (Å²) in [5.74, 6) is 3.62. The summed E-state index contributed by atoms with van der Waals surface area (Å²) in [4.78, 5) is 0. The summed E-state index contributed by atoms with van der Waals surface area (Å²) >= 11 is 0. The Morgan fingerprint density at radius 3 is 2.13 bits per heavy atom. The second-order valence-electron chi connectivity index (χ2n) is 9.79. The molecular weight excluding hydrogens is 364 g/mol. The monoisotopic (exact) mass is 408 g/mol. The molecule has 1 fully saturated rings. The van der Waals surface area contributed by atoms with E-state index in [0.29, 0.717) is 0 Å². The normalized spacial score (nSPS) is 23.9. The van der Waals surface area contributed by atoms with Crippen molar-refractivity contribution in [2.24, 2.45) is 17.8 Å². The van der Waals surface area contributed by atoms with Crippen LogP contribution in [0.15, 0.2) is 42.5 Å². The Morgan fingerprint density at radius 1 is 0.833 bits per heavy atom. The van der Waals surface area contributed by atoms with E-state index in [0.717, 1.165) is 30.1 Å². The Balaban J connectivity index is 1.33. The molecule has 2 aliphatic carbocycles. The molecule has 0 N–H and O–H groups in total. The van der Waals surface area contributed by atoms with Gasteiger partial charge in [0.15, 0.2) is 0 Å². The summed E-state index contributed by atoms with van der Waals surface area (Å²) in [6, 6.07) is 8.73. The van der Waals surface area contributed by atoms with Crippen molar-refractivity contribution in [2.45, 2.75) is 97.3 Å². The molecule has 0 bridgehead atoms. The van der Waals surface area contributed by atoms with Gasteiger partial charge in [0.2, 0.25) is 0 Å². The van der Waals surface area contributed by atoms with Gasteiger partial charge in [0.1, 0.15) is 5.75 Å². The highest BCUT2D eigenvalue weighted by molar-refractivity contribution is 5.75. The van der Waals surface area contributed by atoms with Crippen LogP contribution in [-0.2, 0) is 0 Å². The van der Waals surface area contributed by atoms with Crippen LogP contribution >= 0.6 is 0 Å². The van der Waals surface area contributed by atoms with Crippen molar-refractivity contribution in [3.8, 4) is 5.75 Å². The number of benzene rings is 1. The third-order valence-electron chi connectivity index (χ3n) is 7.25. The third kappa shape index (κ3) is 7.64. The average Bonchev–Trinajstić information content (AvgIpc) is 2.79. The zero-order valence-corrected chi connectivity index (χ0v) is 19.6. The Hall–Kier alpha value is -1.50. The van der Waals surface area contributed by atoms with Crippen LogP contribution in [0, 0.1) is 17.8 Å². The Labute approximate surface area is 186 Å². The predicted octanol–water partition coefficient (Wildman–Crippen LogP) is 8.99. The van der Waals surface area contributed by atoms with Gasteiger partial charge in [0.25, 0.3) is 0 Å². The predicted molar refractivity (Wildman–Crippen MR) is 131 cm³/mol. The fraction of sp³-hybridized carbons (Fsp3) is 0.655. The van der Waals surface area contributed by atoms with Crippen LogP contribution in [0.1, 0.15) is 103 Å². The Morgan fingerprint density at radius 2 is 1.50 bits per heavy atom. The molecule has 0 radical (unpaired) electrons. The molecule has 1 aromatic rings. The highest BCUT2D eigenvalue weighted by Crippen LogP contribution is 2.38. The maximum atomic E-state index is 5.96. The van der Waals surface area contributed by atoms with Crippen LogP contribution in [0.4, 0.5) is 0 Å². The molecular formula is C29H44O. The first kappa shape index (κ1) is 23.2. The molecule has 1 saturated carbocycles. The lowest BCUT2D eigenvalue weighted by molar-refractivity contribution is 0.240. The SMILES string of the molecule is CCCCCCCCCCOc1ccc(C2=CCC(C3CCC(C)CC3)C=C2)cc1. The van der Waals surface area contributed by atoms with Crippen LogP contribution < -0.4 is 4.74 Å². The fourth-order valence-electron chi connectivity index (χ4n) is 5.08. The largest absolute Gasteiger partial charge is 0.494 e. The van der Waals surface area contributed by atoms with Crippen LogP contribution in [-0.4, -0.2) is 6.61 Å². The van der Waals surface area contributed by atoms with Gasteiger partial charge in [-0.25, -0.2) is 0 Å². The van der Waals surface area contributed by atoms with E-state index >= 15 is 0 Å². The average molecular weight is 409 g/mol. The zero-order valence-electron chi connectivity index (χ0n) is 19.6. The summed E-state index contributed by atoms with van der Waals surface area (Å²) in [6.07, 6.45) is 25.0. The molecule has 0 amide bonds. The van der Waals surface area contributed by atoms with Gasteiger partial charge in [-0.05, 0) is 66.7 Å². The van der Waals surface area contributed by atoms with E-state index in [4.69, 9.17) is 4.74 Å². The van der Waals surface area contributed by atoms with E-state index in [1.807, 2.05) is 0 Å². The molecule has 0 saturated heterocycles. The van der Waals surface area contributed by atoms with Crippen molar-refractivity contribution in [3.05, 3.63) is 48.1 Å². The molecule has 1 nitrogen and oxygen atoms in total. The van der Waals surface area contributed by atoms with Gasteiger partial charge in [-0.3, -0.25) is 0 Å². The summed E-state index contributed by atoms with van der Waals surface area (Å²) in [5.41, 5.74) is 2.70. The van der Waals surface area contributed by atoms with Crippen molar-refractivity contribution >= 4 is 5.57 Å². The highest BCUT2D eigenvalue weighted by Gasteiger charge is 2.25.